The Bertz CT molecular complexity index is 1020. The number of esters is 3. The number of hydrogen-bond donors (Lipinski definition) is 0. The summed E-state index contributed by atoms with van der Waals surface area (Å²) in [6, 6.07) is 0. The summed E-state index contributed by atoms with van der Waals surface area (Å²) in [7, 11) is 0. The maximum Gasteiger partial charge on any atom is 0.306 e. The highest BCUT2D eigenvalue weighted by Crippen LogP contribution is 2.17. The molecule has 0 fully saturated rings. The summed E-state index contributed by atoms with van der Waals surface area (Å²) in [5.41, 5.74) is 0. The standard InChI is InChI=1S/C61H114O6/c1-4-7-10-13-16-19-22-25-28-30-33-35-38-41-44-47-50-53-59(62)65-56-58(67-61(64)55-52-49-46-43-40-37-32-27-24-21-18-15-12-9-6-3)57-66-60(63)54-51-48-45-42-39-36-34-31-29-26-23-20-17-14-11-8-5-2/h25-26,28-29,58H,4-24,27,30-57H2,1-3H3/b28-25-,29-26-. The lowest BCUT2D eigenvalue weighted by Crippen LogP contribution is -2.30. The van der Waals surface area contributed by atoms with Gasteiger partial charge in [0.2, 0.25) is 0 Å². The van der Waals surface area contributed by atoms with E-state index >= 15 is 0 Å². The Morgan fingerprint density at radius 2 is 0.493 bits per heavy atom. The van der Waals surface area contributed by atoms with E-state index in [1.54, 1.807) is 0 Å². The van der Waals surface area contributed by atoms with Crippen molar-refractivity contribution in [1.82, 2.24) is 0 Å². The van der Waals surface area contributed by atoms with Crippen molar-refractivity contribution in [3.8, 4) is 0 Å². The molecule has 0 saturated carbocycles. The fourth-order valence-electron chi connectivity index (χ4n) is 8.91. The van der Waals surface area contributed by atoms with Crippen LogP contribution in [0.3, 0.4) is 0 Å². The maximum absolute atomic E-state index is 12.9. The lowest BCUT2D eigenvalue weighted by Gasteiger charge is -2.18. The van der Waals surface area contributed by atoms with Crippen molar-refractivity contribution in [3.05, 3.63) is 24.3 Å². The van der Waals surface area contributed by atoms with Gasteiger partial charge >= 0.3 is 17.9 Å². The summed E-state index contributed by atoms with van der Waals surface area (Å²) in [6.45, 7) is 6.68. The normalized spacial score (nSPS) is 11.7. The van der Waals surface area contributed by atoms with Gasteiger partial charge in [0, 0.05) is 19.3 Å². The average Bonchev–Trinajstić information content (AvgIpc) is 3.33. The Kier molecular flexibility index (Phi) is 54.7. The van der Waals surface area contributed by atoms with Gasteiger partial charge in [-0.1, -0.05) is 263 Å². The van der Waals surface area contributed by atoms with Crippen molar-refractivity contribution in [1.29, 1.82) is 0 Å². The van der Waals surface area contributed by atoms with Crippen LogP contribution in [0.25, 0.3) is 0 Å². The van der Waals surface area contributed by atoms with Gasteiger partial charge in [-0.3, -0.25) is 14.4 Å². The van der Waals surface area contributed by atoms with E-state index in [4.69, 9.17) is 14.2 Å². The van der Waals surface area contributed by atoms with Gasteiger partial charge in [-0.25, -0.2) is 0 Å². The number of allylic oxidation sites excluding steroid dienone is 4. The van der Waals surface area contributed by atoms with Gasteiger partial charge in [0.25, 0.3) is 0 Å². The zero-order valence-electron chi connectivity index (χ0n) is 45.2. The minimum atomic E-state index is -0.771. The molecule has 394 valence electrons. The van der Waals surface area contributed by atoms with Crippen molar-refractivity contribution >= 4 is 17.9 Å². The first-order valence-corrected chi connectivity index (χ1v) is 29.8. The summed E-state index contributed by atoms with van der Waals surface area (Å²) in [6.07, 6.45) is 65.9. The second-order valence-electron chi connectivity index (χ2n) is 20.3. The fraction of sp³-hybridized carbons (Fsp3) is 0.885. The predicted molar refractivity (Wildman–Crippen MR) is 289 cm³/mol. The zero-order chi connectivity index (χ0) is 48.6. The first-order chi connectivity index (χ1) is 33.0. The highest BCUT2D eigenvalue weighted by molar-refractivity contribution is 5.71. The van der Waals surface area contributed by atoms with Crippen molar-refractivity contribution in [2.45, 2.75) is 335 Å². The number of carbonyl (C=O) groups excluding carboxylic acids is 3. The summed E-state index contributed by atoms with van der Waals surface area (Å²) in [5.74, 6) is -0.856. The molecule has 0 atom stereocenters. The van der Waals surface area contributed by atoms with Crippen LogP contribution >= 0.6 is 0 Å². The molecule has 6 heteroatoms. The molecule has 0 N–H and O–H groups in total. The smallest absolute Gasteiger partial charge is 0.306 e. The van der Waals surface area contributed by atoms with Crippen molar-refractivity contribution in [2.24, 2.45) is 0 Å². The molecule has 0 unspecified atom stereocenters. The minimum absolute atomic E-state index is 0.0704. The third-order valence-corrected chi connectivity index (χ3v) is 13.4. The number of carbonyl (C=O) groups is 3. The molecule has 0 bridgehead atoms. The Labute approximate surface area is 417 Å². The van der Waals surface area contributed by atoms with E-state index in [0.29, 0.717) is 19.3 Å². The lowest BCUT2D eigenvalue weighted by molar-refractivity contribution is -0.167. The molecule has 0 aromatic carbocycles. The van der Waals surface area contributed by atoms with Crippen LogP contribution in [0, 0.1) is 0 Å². The molecule has 0 aliphatic heterocycles. The van der Waals surface area contributed by atoms with E-state index in [9.17, 15) is 14.4 Å². The summed E-state index contributed by atoms with van der Waals surface area (Å²) >= 11 is 0. The van der Waals surface area contributed by atoms with Crippen LogP contribution in [0.2, 0.25) is 0 Å². The molecule has 0 radical (unpaired) electrons. The van der Waals surface area contributed by atoms with Crippen LogP contribution in [-0.4, -0.2) is 37.2 Å². The molecular formula is C61H114O6. The third-order valence-electron chi connectivity index (χ3n) is 13.4. The molecule has 67 heavy (non-hydrogen) atoms. The van der Waals surface area contributed by atoms with Crippen molar-refractivity contribution in [3.63, 3.8) is 0 Å². The number of hydrogen-bond acceptors (Lipinski definition) is 6. The van der Waals surface area contributed by atoms with Gasteiger partial charge < -0.3 is 14.2 Å². The molecule has 0 heterocycles. The molecule has 0 aliphatic carbocycles. The first kappa shape index (κ1) is 64.9. The van der Waals surface area contributed by atoms with Crippen molar-refractivity contribution < 1.29 is 28.6 Å². The van der Waals surface area contributed by atoms with E-state index in [1.807, 2.05) is 0 Å². The summed E-state index contributed by atoms with van der Waals surface area (Å²) < 4.78 is 16.9. The first-order valence-electron chi connectivity index (χ1n) is 29.8. The number of rotatable bonds is 55. The van der Waals surface area contributed by atoms with Crippen LogP contribution in [0.4, 0.5) is 0 Å². The van der Waals surface area contributed by atoms with Gasteiger partial charge in [-0.2, -0.15) is 0 Å². The van der Waals surface area contributed by atoms with Crippen LogP contribution in [0.5, 0.6) is 0 Å². The maximum atomic E-state index is 12.9. The second kappa shape index (κ2) is 56.5. The van der Waals surface area contributed by atoms with Gasteiger partial charge in [0.1, 0.15) is 13.2 Å². The van der Waals surface area contributed by atoms with Crippen LogP contribution in [0.15, 0.2) is 24.3 Å². The van der Waals surface area contributed by atoms with Gasteiger partial charge in [0.15, 0.2) is 6.10 Å². The third kappa shape index (κ3) is 54.7. The topological polar surface area (TPSA) is 78.9 Å². The van der Waals surface area contributed by atoms with E-state index in [2.05, 4.69) is 45.1 Å². The zero-order valence-corrected chi connectivity index (χ0v) is 45.2. The van der Waals surface area contributed by atoms with E-state index in [-0.39, 0.29) is 31.1 Å². The van der Waals surface area contributed by atoms with Gasteiger partial charge in [-0.05, 0) is 70.6 Å². The van der Waals surface area contributed by atoms with Crippen LogP contribution in [0.1, 0.15) is 329 Å². The molecule has 0 aromatic rings. The molecule has 0 aromatic heterocycles. The van der Waals surface area contributed by atoms with Gasteiger partial charge in [-0.15, -0.1) is 0 Å². The largest absolute Gasteiger partial charge is 0.462 e. The fourth-order valence-corrected chi connectivity index (χ4v) is 8.91. The van der Waals surface area contributed by atoms with E-state index in [0.717, 1.165) is 57.8 Å². The predicted octanol–water partition coefficient (Wildman–Crippen LogP) is 19.9. The van der Waals surface area contributed by atoms with E-state index < -0.39 is 6.10 Å². The molecule has 0 spiro atoms. The van der Waals surface area contributed by atoms with Gasteiger partial charge in [0.05, 0.1) is 0 Å². The van der Waals surface area contributed by atoms with Crippen LogP contribution < -0.4 is 0 Å². The molecule has 6 nitrogen and oxygen atoms in total. The molecular weight excluding hydrogens is 829 g/mol. The Morgan fingerprint density at radius 1 is 0.284 bits per heavy atom. The SMILES string of the molecule is CCCCCCCC/C=C\CCCCCCCCCC(=O)OCC(COC(=O)CCCCCCCCC/C=C\CCCCCCCC)OC(=O)CCCCCCCCCCCCCCCCC. The summed E-state index contributed by atoms with van der Waals surface area (Å²) in [4.78, 5) is 38.2. The number of unbranched alkanes of at least 4 members (excludes halogenated alkanes) is 40. The lowest BCUT2D eigenvalue weighted by atomic mass is 10.0. The van der Waals surface area contributed by atoms with Crippen LogP contribution in [-0.2, 0) is 28.6 Å². The second-order valence-corrected chi connectivity index (χ2v) is 20.3. The average molecular weight is 944 g/mol. The number of ether oxygens (including phenoxy) is 3. The molecule has 0 rings (SSSR count). The Morgan fingerprint density at radius 3 is 0.746 bits per heavy atom. The van der Waals surface area contributed by atoms with Crippen molar-refractivity contribution in [2.75, 3.05) is 13.2 Å². The monoisotopic (exact) mass is 943 g/mol. The quantitative estimate of drug-likeness (QED) is 0.0262. The molecule has 0 aliphatic rings. The minimum Gasteiger partial charge on any atom is -0.462 e. The highest BCUT2D eigenvalue weighted by atomic mass is 16.6. The van der Waals surface area contributed by atoms with E-state index in [1.165, 1.54) is 231 Å². The summed E-state index contributed by atoms with van der Waals surface area (Å²) in [5, 5.41) is 0. The highest BCUT2D eigenvalue weighted by Gasteiger charge is 2.19. The molecule has 0 amide bonds. The molecule has 0 saturated heterocycles. The Balaban J connectivity index is 4.33. The Hall–Kier alpha value is -2.11.